The average molecular weight is 191 g/mol. The minimum atomic E-state index is -0.103. The van der Waals surface area contributed by atoms with Gasteiger partial charge >= 0.3 is 0 Å². The molecule has 2 aromatic heterocycles. The van der Waals surface area contributed by atoms with Gasteiger partial charge in [-0.3, -0.25) is 4.40 Å². The average Bonchev–Trinajstić information content (AvgIpc) is 2.60. The molecule has 0 aromatic carbocycles. The molecule has 1 unspecified atom stereocenters. The van der Waals surface area contributed by atoms with E-state index in [9.17, 15) is 0 Å². The van der Waals surface area contributed by atoms with Crippen LogP contribution in [0.25, 0.3) is 5.52 Å². The molecule has 4 nitrogen and oxygen atoms in total. The molecular formula is C10H13N3O. The number of fused-ring (bicyclic) bond motifs is 1. The Kier molecular flexibility index (Phi) is 2.13. The van der Waals surface area contributed by atoms with Crippen molar-refractivity contribution in [3.05, 3.63) is 30.2 Å². The van der Waals surface area contributed by atoms with Crippen LogP contribution in [0.3, 0.4) is 0 Å². The maximum atomic E-state index is 5.81. The summed E-state index contributed by atoms with van der Waals surface area (Å²) in [5.41, 5.74) is 6.81. The molecule has 0 amide bonds. The fourth-order valence-corrected chi connectivity index (χ4v) is 1.52. The van der Waals surface area contributed by atoms with Crippen LogP contribution in [0.2, 0.25) is 0 Å². The highest BCUT2D eigenvalue weighted by Gasteiger charge is 2.10. The summed E-state index contributed by atoms with van der Waals surface area (Å²) >= 11 is 0. The van der Waals surface area contributed by atoms with Crippen molar-refractivity contribution in [1.29, 1.82) is 0 Å². The summed E-state index contributed by atoms with van der Waals surface area (Å²) in [6, 6.07) is 5.69. The lowest BCUT2D eigenvalue weighted by molar-refractivity contribution is 0.389. The lowest BCUT2D eigenvalue weighted by atomic mass is 10.3. The molecule has 0 aliphatic rings. The first-order valence-electron chi connectivity index (χ1n) is 4.50. The predicted molar refractivity (Wildman–Crippen MR) is 54.3 cm³/mol. The second kappa shape index (κ2) is 3.31. The van der Waals surface area contributed by atoms with Crippen molar-refractivity contribution in [2.45, 2.75) is 13.0 Å². The number of rotatable bonds is 2. The number of hydrogen-bond acceptors (Lipinski definition) is 3. The van der Waals surface area contributed by atoms with Gasteiger partial charge in [0.15, 0.2) is 5.88 Å². The van der Waals surface area contributed by atoms with E-state index in [0.717, 1.165) is 17.2 Å². The molecule has 4 heteroatoms. The summed E-state index contributed by atoms with van der Waals surface area (Å²) in [7, 11) is 1.64. The summed E-state index contributed by atoms with van der Waals surface area (Å²) in [5.74, 6) is 1.57. The monoisotopic (exact) mass is 191 g/mol. The molecule has 2 rings (SSSR count). The molecule has 0 saturated heterocycles. The molecule has 2 N–H and O–H groups in total. The highest BCUT2D eigenvalue weighted by atomic mass is 16.5. The van der Waals surface area contributed by atoms with Crippen LogP contribution in [-0.2, 0) is 0 Å². The van der Waals surface area contributed by atoms with Crippen molar-refractivity contribution in [3.63, 3.8) is 0 Å². The van der Waals surface area contributed by atoms with Gasteiger partial charge in [0.1, 0.15) is 5.82 Å². The zero-order valence-electron chi connectivity index (χ0n) is 8.27. The van der Waals surface area contributed by atoms with Crippen LogP contribution in [0.4, 0.5) is 0 Å². The van der Waals surface area contributed by atoms with Crippen molar-refractivity contribution in [3.8, 4) is 5.88 Å². The number of imidazole rings is 1. The lowest BCUT2D eigenvalue weighted by Gasteiger charge is -2.08. The van der Waals surface area contributed by atoms with Gasteiger partial charge in [-0.25, -0.2) is 4.98 Å². The van der Waals surface area contributed by atoms with Crippen LogP contribution in [0, 0.1) is 0 Å². The van der Waals surface area contributed by atoms with E-state index in [-0.39, 0.29) is 6.04 Å². The van der Waals surface area contributed by atoms with Gasteiger partial charge < -0.3 is 10.5 Å². The summed E-state index contributed by atoms with van der Waals surface area (Å²) in [5, 5.41) is 0. The SMILES string of the molecule is COc1cccc2cnc(C(C)N)n12. The van der Waals surface area contributed by atoms with E-state index in [1.54, 1.807) is 13.3 Å². The van der Waals surface area contributed by atoms with E-state index in [2.05, 4.69) is 4.98 Å². The number of nitrogens with two attached hydrogens (primary N) is 1. The van der Waals surface area contributed by atoms with Crippen LogP contribution >= 0.6 is 0 Å². The third-order valence-electron chi connectivity index (χ3n) is 2.16. The Morgan fingerprint density at radius 1 is 1.50 bits per heavy atom. The smallest absolute Gasteiger partial charge is 0.199 e. The van der Waals surface area contributed by atoms with Crippen LogP contribution in [0.5, 0.6) is 5.88 Å². The molecular weight excluding hydrogens is 178 g/mol. The zero-order valence-corrected chi connectivity index (χ0v) is 8.27. The van der Waals surface area contributed by atoms with Crippen molar-refractivity contribution in [1.82, 2.24) is 9.38 Å². The summed E-state index contributed by atoms with van der Waals surface area (Å²) in [4.78, 5) is 4.26. The van der Waals surface area contributed by atoms with Gasteiger partial charge in [-0.05, 0) is 19.1 Å². The number of pyridine rings is 1. The van der Waals surface area contributed by atoms with E-state index in [1.807, 2.05) is 29.5 Å². The normalized spacial score (nSPS) is 13.1. The minimum absolute atomic E-state index is 0.103. The number of methoxy groups -OCH3 is 1. The molecule has 2 heterocycles. The largest absolute Gasteiger partial charge is 0.482 e. The molecule has 0 fully saturated rings. The van der Waals surface area contributed by atoms with Gasteiger partial charge in [-0.15, -0.1) is 0 Å². The lowest BCUT2D eigenvalue weighted by Crippen LogP contribution is -2.10. The number of hydrogen-bond donors (Lipinski definition) is 1. The van der Waals surface area contributed by atoms with Crippen LogP contribution < -0.4 is 10.5 Å². The maximum absolute atomic E-state index is 5.81. The Morgan fingerprint density at radius 2 is 2.29 bits per heavy atom. The van der Waals surface area contributed by atoms with Gasteiger partial charge in [0, 0.05) is 0 Å². The Labute approximate surface area is 82.3 Å². The molecule has 2 aromatic rings. The molecule has 0 spiro atoms. The van der Waals surface area contributed by atoms with E-state index in [0.29, 0.717) is 0 Å². The molecule has 0 saturated carbocycles. The van der Waals surface area contributed by atoms with E-state index in [4.69, 9.17) is 10.5 Å². The predicted octanol–water partition coefficient (Wildman–Crippen LogP) is 1.36. The van der Waals surface area contributed by atoms with Gasteiger partial charge in [0.2, 0.25) is 0 Å². The van der Waals surface area contributed by atoms with Gasteiger partial charge in [-0.1, -0.05) is 6.07 Å². The Morgan fingerprint density at radius 3 is 2.93 bits per heavy atom. The van der Waals surface area contributed by atoms with Crippen LogP contribution in [0.15, 0.2) is 24.4 Å². The molecule has 0 aliphatic carbocycles. The van der Waals surface area contributed by atoms with Gasteiger partial charge in [-0.2, -0.15) is 0 Å². The van der Waals surface area contributed by atoms with E-state index in [1.165, 1.54) is 0 Å². The summed E-state index contributed by atoms with van der Waals surface area (Å²) in [6.45, 7) is 1.90. The summed E-state index contributed by atoms with van der Waals surface area (Å²) in [6.07, 6.45) is 1.79. The number of aromatic nitrogens is 2. The highest BCUT2D eigenvalue weighted by Crippen LogP contribution is 2.19. The van der Waals surface area contributed by atoms with Crippen molar-refractivity contribution >= 4 is 5.52 Å². The van der Waals surface area contributed by atoms with Gasteiger partial charge in [0.25, 0.3) is 0 Å². The zero-order chi connectivity index (χ0) is 10.1. The first-order chi connectivity index (χ1) is 6.74. The fraction of sp³-hybridized carbons (Fsp3) is 0.300. The quantitative estimate of drug-likeness (QED) is 0.779. The second-order valence-corrected chi connectivity index (χ2v) is 3.23. The second-order valence-electron chi connectivity index (χ2n) is 3.23. The van der Waals surface area contributed by atoms with Crippen LogP contribution in [-0.4, -0.2) is 16.5 Å². The Balaban J connectivity index is 2.74. The van der Waals surface area contributed by atoms with Gasteiger partial charge in [0.05, 0.1) is 24.9 Å². The third-order valence-corrected chi connectivity index (χ3v) is 2.16. The fourth-order valence-electron chi connectivity index (χ4n) is 1.52. The molecule has 74 valence electrons. The van der Waals surface area contributed by atoms with Crippen molar-refractivity contribution in [2.75, 3.05) is 7.11 Å². The number of nitrogens with zero attached hydrogens (tertiary/aromatic N) is 2. The standard InChI is InChI=1S/C10H13N3O/c1-7(11)10-12-6-8-4-3-5-9(14-2)13(8)10/h3-7H,11H2,1-2H3. The number of ether oxygens (including phenoxy) is 1. The molecule has 0 radical (unpaired) electrons. The molecule has 14 heavy (non-hydrogen) atoms. The van der Waals surface area contributed by atoms with E-state index >= 15 is 0 Å². The molecule has 0 aliphatic heterocycles. The molecule has 1 atom stereocenters. The maximum Gasteiger partial charge on any atom is 0.199 e. The highest BCUT2D eigenvalue weighted by molar-refractivity contribution is 5.49. The Hall–Kier alpha value is -1.55. The Bertz CT molecular complexity index is 448. The topological polar surface area (TPSA) is 52.5 Å². The van der Waals surface area contributed by atoms with Crippen molar-refractivity contribution < 1.29 is 4.74 Å². The summed E-state index contributed by atoms with van der Waals surface area (Å²) < 4.78 is 7.17. The minimum Gasteiger partial charge on any atom is -0.482 e. The first kappa shape index (κ1) is 9.02. The van der Waals surface area contributed by atoms with Crippen LogP contribution in [0.1, 0.15) is 18.8 Å². The third kappa shape index (κ3) is 1.24. The first-order valence-corrected chi connectivity index (χ1v) is 4.50. The van der Waals surface area contributed by atoms with Crippen molar-refractivity contribution in [2.24, 2.45) is 5.73 Å². The van der Waals surface area contributed by atoms with E-state index < -0.39 is 0 Å². The molecule has 0 bridgehead atoms.